The van der Waals surface area contributed by atoms with E-state index in [-0.39, 0.29) is 12.0 Å². The summed E-state index contributed by atoms with van der Waals surface area (Å²) in [5.41, 5.74) is 0.513. The van der Waals surface area contributed by atoms with Crippen LogP contribution >= 0.6 is 0 Å². The Hall–Kier alpha value is -1.30. The summed E-state index contributed by atoms with van der Waals surface area (Å²) in [4.78, 5) is 31.5. The molecule has 1 aliphatic carbocycles. The van der Waals surface area contributed by atoms with Gasteiger partial charge in [0.05, 0.1) is 6.61 Å². The summed E-state index contributed by atoms with van der Waals surface area (Å²) < 4.78 is 5.05. The molecule has 4 heterocycles. The van der Waals surface area contributed by atoms with E-state index in [1.165, 1.54) is 45.3 Å². The molecule has 0 unspecified atom stereocenters. The van der Waals surface area contributed by atoms with Crippen molar-refractivity contribution in [2.24, 2.45) is 11.3 Å². The fourth-order valence-electron chi connectivity index (χ4n) is 6.09. The molecule has 0 aromatic heterocycles. The Morgan fingerprint density at radius 3 is 2.38 bits per heavy atom. The molecule has 5 rings (SSSR count). The maximum Gasteiger partial charge on any atom is 0.320 e. The molecule has 5 fully saturated rings. The monoisotopic (exact) mass is 405 g/mol. The zero-order chi connectivity index (χ0) is 20.3. The first-order valence-corrected chi connectivity index (χ1v) is 12.0. The summed E-state index contributed by atoms with van der Waals surface area (Å²) in [6.45, 7) is 8.87. The van der Waals surface area contributed by atoms with Gasteiger partial charge in [0.25, 0.3) is 0 Å². The van der Waals surface area contributed by atoms with Crippen LogP contribution in [0.3, 0.4) is 0 Å². The third-order valence-electron chi connectivity index (χ3n) is 8.23. The van der Waals surface area contributed by atoms with Gasteiger partial charge in [0, 0.05) is 32.1 Å². The number of urea groups is 1. The number of piperidine rings is 3. The zero-order valence-corrected chi connectivity index (χ0v) is 18.2. The number of rotatable bonds is 8. The summed E-state index contributed by atoms with van der Waals surface area (Å²) >= 11 is 0. The third kappa shape index (κ3) is 4.89. The minimum atomic E-state index is -0.0666. The minimum Gasteiger partial charge on any atom is -0.466 e. The van der Waals surface area contributed by atoms with Gasteiger partial charge >= 0.3 is 12.0 Å². The molecule has 164 valence electrons. The molecule has 2 amide bonds. The first-order valence-electron chi connectivity index (χ1n) is 12.0. The maximum absolute atomic E-state index is 13.0. The van der Waals surface area contributed by atoms with Crippen molar-refractivity contribution in [2.45, 2.75) is 77.2 Å². The van der Waals surface area contributed by atoms with Gasteiger partial charge in [0.2, 0.25) is 0 Å². The van der Waals surface area contributed by atoms with Crippen molar-refractivity contribution < 1.29 is 14.3 Å². The van der Waals surface area contributed by atoms with Crippen molar-refractivity contribution >= 4 is 12.0 Å². The number of hydrogen-bond acceptors (Lipinski definition) is 4. The smallest absolute Gasteiger partial charge is 0.320 e. The lowest BCUT2D eigenvalue weighted by Gasteiger charge is -2.49. The second-order valence-corrected chi connectivity index (χ2v) is 9.82. The van der Waals surface area contributed by atoms with Crippen LogP contribution in [0, 0.1) is 11.3 Å². The summed E-state index contributed by atoms with van der Waals surface area (Å²) in [5, 5.41) is 0. The van der Waals surface area contributed by atoms with Gasteiger partial charge in [-0.1, -0.05) is 0 Å². The molecule has 6 heteroatoms. The van der Waals surface area contributed by atoms with Gasteiger partial charge in [-0.15, -0.1) is 0 Å². The molecule has 4 saturated heterocycles. The molecular weight excluding hydrogens is 366 g/mol. The van der Waals surface area contributed by atoms with Gasteiger partial charge < -0.3 is 19.4 Å². The van der Waals surface area contributed by atoms with Crippen LogP contribution in [0.5, 0.6) is 0 Å². The molecule has 1 saturated carbocycles. The highest BCUT2D eigenvalue weighted by Gasteiger charge is 2.41. The number of fused-ring (bicyclic) bond motifs is 3. The van der Waals surface area contributed by atoms with E-state index < -0.39 is 0 Å². The first kappa shape index (κ1) is 21.0. The SMILES string of the molecule is CCOC(=O)CCC1CCC(N2CCN(CCC34CCN(CC3)CC4)C2=O)CC1. The average Bonchev–Trinajstić information content (AvgIpc) is 3.13. The molecule has 0 spiro atoms. The Morgan fingerprint density at radius 1 is 1.03 bits per heavy atom. The summed E-state index contributed by atoms with van der Waals surface area (Å²) in [6.07, 6.45) is 11.1. The van der Waals surface area contributed by atoms with Crippen molar-refractivity contribution in [3.05, 3.63) is 0 Å². The van der Waals surface area contributed by atoms with Crippen LogP contribution in [0.2, 0.25) is 0 Å². The van der Waals surface area contributed by atoms with E-state index in [4.69, 9.17) is 4.74 Å². The Balaban J connectivity index is 1.19. The first-order chi connectivity index (χ1) is 14.1. The number of carbonyl (C=O) groups is 2. The standard InChI is InChI=1S/C23H39N3O3/c1-2-29-21(27)8-5-19-3-6-20(7-4-19)26-18-17-25(22(26)28)16-12-23-9-13-24(14-10-23)15-11-23/h19-20H,2-18H2,1H3. The zero-order valence-electron chi connectivity index (χ0n) is 18.2. The molecule has 0 N–H and O–H groups in total. The molecule has 0 aromatic carbocycles. The van der Waals surface area contributed by atoms with E-state index in [2.05, 4.69) is 14.7 Å². The molecule has 6 nitrogen and oxygen atoms in total. The Morgan fingerprint density at radius 2 is 1.72 bits per heavy atom. The molecule has 0 aromatic rings. The summed E-state index contributed by atoms with van der Waals surface area (Å²) in [5.74, 6) is 0.545. The molecule has 5 aliphatic rings. The molecule has 2 bridgehead atoms. The quantitative estimate of drug-likeness (QED) is 0.580. The summed E-state index contributed by atoms with van der Waals surface area (Å²) in [6, 6.07) is 0.687. The molecule has 0 atom stereocenters. The number of hydrogen-bond donors (Lipinski definition) is 0. The van der Waals surface area contributed by atoms with Crippen LogP contribution in [0.1, 0.15) is 71.1 Å². The van der Waals surface area contributed by atoms with Crippen molar-refractivity contribution in [1.29, 1.82) is 0 Å². The van der Waals surface area contributed by atoms with E-state index in [9.17, 15) is 9.59 Å². The Kier molecular flexibility index (Phi) is 6.67. The van der Waals surface area contributed by atoms with Crippen LogP contribution in [0.4, 0.5) is 4.79 Å². The predicted molar refractivity (Wildman–Crippen MR) is 113 cm³/mol. The lowest BCUT2D eigenvalue weighted by atomic mass is 9.70. The highest BCUT2D eigenvalue weighted by molar-refractivity contribution is 5.76. The number of esters is 1. The van der Waals surface area contributed by atoms with Gasteiger partial charge in [0.1, 0.15) is 0 Å². The topological polar surface area (TPSA) is 53.1 Å². The van der Waals surface area contributed by atoms with Crippen LogP contribution in [-0.4, -0.2) is 78.6 Å². The van der Waals surface area contributed by atoms with E-state index in [0.717, 1.165) is 51.7 Å². The highest BCUT2D eigenvalue weighted by atomic mass is 16.5. The Bertz CT molecular complexity index is 566. The lowest BCUT2D eigenvalue weighted by molar-refractivity contribution is -0.143. The van der Waals surface area contributed by atoms with Gasteiger partial charge in [-0.05, 0) is 95.7 Å². The van der Waals surface area contributed by atoms with E-state index in [1.807, 2.05) is 6.92 Å². The number of ether oxygens (including phenoxy) is 1. The van der Waals surface area contributed by atoms with Crippen LogP contribution in [-0.2, 0) is 9.53 Å². The molecule has 29 heavy (non-hydrogen) atoms. The molecule has 4 aliphatic heterocycles. The maximum atomic E-state index is 13.0. The molecule has 0 radical (unpaired) electrons. The normalized spacial score (nSPS) is 34.7. The van der Waals surface area contributed by atoms with Crippen molar-refractivity contribution in [3.8, 4) is 0 Å². The van der Waals surface area contributed by atoms with Gasteiger partial charge in [-0.3, -0.25) is 4.79 Å². The average molecular weight is 406 g/mol. The second kappa shape index (κ2) is 9.23. The van der Waals surface area contributed by atoms with Gasteiger partial charge in [0.15, 0.2) is 0 Å². The Labute approximate surface area is 175 Å². The third-order valence-corrected chi connectivity index (χ3v) is 8.23. The number of amides is 2. The lowest BCUT2D eigenvalue weighted by Crippen LogP contribution is -2.49. The number of nitrogens with zero attached hydrogens (tertiary/aromatic N) is 3. The van der Waals surface area contributed by atoms with Gasteiger partial charge in [-0.25, -0.2) is 4.79 Å². The molecular formula is C23H39N3O3. The van der Waals surface area contributed by atoms with Gasteiger partial charge in [-0.2, -0.15) is 0 Å². The number of carbonyl (C=O) groups excluding carboxylic acids is 2. The van der Waals surface area contributed by atoms with E-state index in [0.29, 0.717) is 30.4 Å². The second-order valence-electron chi connectivity index (χ2n) is 9.82. The summed E-state index contributed by atoms with van der Waals surface area (Å²) in [7, 11) is 0. The van der Waals surface area contributed by atoms with Crippen molar-refractivity contribution in [1.82, 2.24) is 14.7 Å². The van der Waals surface area contributed by atoms with Crippen LogP contribution < -0.4 is 0 Å². The van der Waals surface area contributed by atoms with E-state index in [1.54, 1.807) is 0 Å². The highest BCUT2D eigenvalue weighted by Crippen LogP contribution is 2.43. The largest absolute Gasteiger partial charge is 0.466 e. The fraction of sp³-hybridized carbons (Fsp3) is 0.913. The minimum absolute atomic E-state index is 0.0666. The van der Waals surface area contributed by atoms with Crippen LogP contribution in [0.15, 0.2) is 0 Å². The fourth-order valence-corrected chi connectivity index (χ4v) is 6.09. The van der Waals surface area contributed by atoms with Crippen LogP contribution in [0.25, 0.3) is 0 Å². The van der Waals surface area contributed by atoms with Crippen molar-refractivity contribution in [3.63, 3.8) is 0 Å². The van der Waals surface area contributed by atoms with E-state index >= 15 is 0 Å². The van der Waals surface area contributed by atoms with Crippen molar-refractivity contribution in [2.75, 3.05) is 45.9 Å². The predicted octanol–water partition coefficient (Wildman–Crippen LogP) is 3.50.